The largest absolute Gasteiger partial charge is 0.379 e. The van der Waals surface area contributed by atoms with Gasteiger partial charge in [-0.25, -0.2) is 0 Å². The molecule has 0 spiro atoms. The molecule has 0 amide bonds. The van der Waals surface area contributed by atoms with Crippen molar-refractivity contribution < 1.29 is 14.2 Å². The van der Waals surface area contributed by atoms with E-state index in [9.17, 15) is 0 Å². The average Bonchev–Trinajstić information content (AvgIpc) is 2.94. The summed E-state index contributed by atoms with van der Waals surface area (Å²) >= 11 is 2.02. The van der Waals surface area contributed by atoms with Crippen LogP contribution in [0.2, 0.25) is 0 Å². The topological polar surface area (TPSA) is 53.7 Å². The van der Waals surface area contributed by atoms with Crippen molar-refractivity contribution in [3.63, 3.8) is 0 Å². The van der Waals surface area contributed by atoms with Gasteiger partial charge in [-0.3, -0.25) is 0 Å². The molecule has 0 bridgehead atoms. The van der Waals surface area contributed by atoms with Crippen molar-refractivity contribution in [1.82, 2.24) is 0 Å². The van der Waals surface area contributed by atoms with E-state index in [-0.39, 0.29) is 4.75 Å². The van der Waals surface area contributed by atoms with Gasteiger partial charge in [-0.1, -0.05) is 13.3 Å². The second-order valence-electron chi connectivity index (χ2n) is 5.28. The van der Waals surface area contributed by atoms with Crippen molar-refractivity contribution in [2.24, 2.45) is 5.73 Å². The lowest BCUT2D eigenvalue weighted by Crippen LogP contribution is -2.33. The zero-order valence-electron chi connectivity index (χ0n) is 12.9. The van der Waals surface area contributed by atoms with E-state index in [2.05, 4.69) is 6.92 Å². The van der Waals surface area contributed by atoms with Gasteiger partial charge >= 0.3 is 0 Å². The number of rotatable bonds is 13. The third kappa shape index (κ3) is 7.84. The van der Waals surface area contributed by atoms with E-state index in [0.29, 0.717) is 26.4 Å². The Morgan fingerprint density at radius 3 is 2.20 bits per heavy atom. The highest BCUT2D eigenvalue weighted by Gasteiger charge is 2.32. The first-order valence-corrected chi connectivity index (χ1v) is 8.89. The van der Waals surface area contributed by atoms with E-state index in [1.54, 1.807) is 0 Å². The van der Waals surface area contributed by atoms with Crippen LogP contribution < -0.4 is 5.73 Å². The minimum atomic E-state index is 0.286. The Kier molecular flexibility index (Phi) is 10.8. The Balaban J connectivity index is 1.83. The number of thioether (sulfide) groups is 1. The summed E-state index contributed by atoms with van der Waals surface area (Å²) in [5.74, 6) is 1.25. The van der Waals surface area contributed by atoms with E-state index in [1.165, 1.54) is 25.0 Å². The summed E-state index contributed by atoms with van der Waals surface area (Å²) in [7, 11) is 0. The monoisotopic (exact) mass is 305 g/mol. The highest BCUT2D eigenvalue weighted by molar-refractivity contribution is 8.00. The quantitative estimate of drug-likeness (QED) is 0.530. The molecule has 0 aromatic rings. The van der Waals surface area contributed by atoms with Gasteiger partial charge in [0.1, 0.15) is 0 Å². The number of hydrogen-bond donors (Lipinski definition) is 1. The lowest BCUT2D eigenvalue weighted by molar-refractivity contribution is 0.0126. The molecule has 1 saturated heterocycles. The molecule has 2 N–H and O–H groups in total. The fraction of sp³-hybridized carbons (Fsp3) is 1.00. The van der Waals surface area contributed by atoms with Gasteiger partial charge in [0.2, 0.25) is 0 Å². The fourth-order valence-electron chi connectivity index (χ4n) is 2.26. The molecule has 4 nitrogen and oxygen atoms in total. The molecule has 1 heterocycles. The number of unbranched alkanes of at least 4 members (excludes halogenated alkanes) is 1. The molecule has 0 radical (unpaired) electrons. The van der Waals surface area contributed by atoms with Gasteiger partial charge in [-0.2, -0.15) is 11.8 Å². The first kappa shape index (κ1) is 18.2. The van der Waals surface area contributed by atoms with Crippen LogP contribution in [0.5, 0.6) is 0 Å². The van der Waals surface area contributed by atoms with Gasteiger partial charge < -0.3 is 19.9 Å². The zero-order chi connectivity index (χ0) is 14.5. The van der Waals surface area contributed by atoms with Crippen LogP contribution in [0.3, 0.4) is 0 Å². The van der Waals surface area contributed by atoms with Crippen molar-refractivity contribution in [3.8, 4) is 0 Å². The minimum absolute atomic E-state index is 0.286. The lowest BCUT2D eigenvalue weighted by Gasteiger charge is -2.25. The van der Waals surface area contributed by atoms with E-state index in [0.717, 1.165) is 32.6 Å². The van der Waals surface area contributed by atoms with E-state index < -0.39 is 0 Å². The standard InChI is InChI=1S/C15H31NO3S/c1-2-3-7-17-9-11-19-12-10-18-8-6-15(14-16)5-4-13-20-15/h2-14,16H2,1H3. The number of hydrogen-bond acceptors (Lipinski definition) is 5. The molecule has 1 aliphatic rings. The molecule has 0 aromatic heterocycles. The molecule has 1 aliphatic heterocycles. The van der Waals surface area contributed by atoms with Gasteiger partial charge in [-0.05, 0) is 31.4 Å². The van der Waals surface area contributed by atoms with Crippen LogP contribution >= 0.6 is 11.8 Å². The Morgan fingerprint density at radius 1 is 1.00 bits per heavy atom. The molecule has 0 saturated carbocycles. The van der Waals surface area contributed by atoms with Crippen molar-refractivity contribution in [1.29, 1.82) is 0 Å². The van der Waals surface area contributed by atoms with Crippen molar-refractivity contribution in [3.05, 3.63) is 0 Å². The van der Waals surface area contributed by atoms with Crippen LogP contribution in [0, 0.1) is 0 Å². The van der Waals surface area contributed by atoms with E-state index in [1.807, 2.05) is 11.8 Å². The molecule has 1 unspecified atom stereocenters. The highest BCUT2D eigenvalue weighted by atomic mass is 32.2. The average molecular weight is 305 g/mol. The summed E-state index contributed by atoms with van der Waals surface area (Å²) in [4.78, 5) is 0. The van der Waals surface area contributed by atoms with Crippen molar-refractivity contribution >= 4 is 11.8 Å². The summed E-state index contributed by atoms with van der Waals surface area (Å²) in [6.45, 7) is 7.24. The van der Waals surface area contributed by atoms with Crippen LogP contribution in [-0.4, -0.2) is 56.7 Å². The smallest absolute Gasteiger partial charge is 0.0701 e. The maximum atomic E-state index is 5.88. The van der Waals surface area contributed by atoms with Crippen LogP contribution in [-0.2, 0) is 14.2 Å². The predicted octanol–water partition coefficient (Wildman–Crippen LogP) is 2.45. The Labute approximate surface area is 128 Å². The fourth-order valence-corrected chi connectivity index (χ4v) is 3.62. The first-order valence-electron chi connectivity index (χ1n) is 7.90. The normalized spacial score (nSPS) is 22.5. The Bertz CT molecular complexity index is 223. The summed E-state index contributed by atoms with van der Waals surface area (Å²) < 4.78 is 16.8. The van der Waals surface area contributed by atoms with Gasteiger partial charge in [0.15, 0.2) is 0 Å². The van der Waals surface area contributed by atoms with Crippen molar-refractivity contribution in [2.45, 2.75) is 43.8 Å². The maximum Gasteiger partial charge on any atom is 0.0701 e. The Hall–Kier alpha value is 0.190. The Morgan fingerprint density at radius 2 is 1.65 bits per heavy atom. The lowest BCUT2D eigenvalue weighted by atomic mass is 10.00. The van der Waals surface area contributed by atoms with Crippen LogP contribution in [0.25, 0.3) is 0 Å². The summed E-state index contributed by atoms with van der Waals surface area (Å²) in [6.07, 6.45) is 5.90. The molecule has 0 aliphatic carbocycles. The third-order valence-electron chi connectivity index (χ3n) is 3.65. The summed E-state index contributed by atoms with van der Waals surface area (Å²) in [5.41, 5.74) is 5.88. The van der Waals surface area contributed by atoms with E-state index >= 15 is 0 Å². The summed E-state index contributed by atoms with van der Waals surface area (Å²) in [5, 5.41) is 0. The molecule has 5 heteroatoms. The van der Waals surface area contributed by atoms with E-state index in [4.69, 9.17) is 19.9 Å². The minimum Gasteiger partial charge on any atom is -0.379 e. The van der Waals surface area contributed by atoms with Gasteiger partial charge in [0.25, 0.3) is 0 Å². The highest BCUT2D eigenvalue weighted by Crippen LogP contribution is 2.39. The second kappa shape index (κ2) is 11.8. The number of nitrogens with two attached hydrogens (primary N) is 1. The van der Waals surface area contributed by atoms with Crippen molar-refractivity contribution in [2.75, 3.05) is 51.9 Å². The van der Waals surface area contributed by atoms with Gasteiger partial charge in [0.05, 0.1) is 26.4 Å². The molecule has 1 fully saturated rings. The van der Waals surface area contributed by atoms with Crippen LogP contribution in [0.4, 0.5) is 0 Å². The van der Waals surface area contributed by atoms with Crippen LogP contribution in [0.15, 0.2) is 0 Å². The predicted molar refractivity (Wildman–Crippen MR) is 85.5 cm³/mol. The zero-order valence-corrected chi connectivity index (χ0v) is 13.7. The molecule has 0 aromatic carbocycles. The second-order valence-corrected chi connectivity index (χ2v) is 6.84. The maximum absolute atomic E-state index is 5.88. The molecular formula is C15H31NO3S. The van der Waals surface area contributed by atoms with Crippen LogP contribution in [0.1, 0.15) is 39.0 Å². The molecule has 120 valence electrons. The number of ether oxygens (including phenoxy) is 3. The van der Waals surface area contributed by atoms with Gasteiger partial charge in [-0.15, -0.1) is 0 Å². The summed E-state index contributed by atoms with van der Waals surface area (Å²) in [6, 6.07) is 0. The molecule has 1 atom stereocenters. The SMILES string of the molecule is CCCCOCCOCCOCCC1(CN)CCCS1. The molecular weight excluding hydrogens is 274 g/mol. The van der Waals surface area contributed by atoms with Gasteiger partial charge in [0, 0.05) is 24.5 Å². The first-order chi connectivity index (χ1) is 9.83. The molecule has 20 heavy (non-hydrogen) atoms. The molecule has 1 rings (SSSR count). The third-order valence-corrected chi connectivity index (χ3v) is 5.33.